The van der Waals surface area contributed by atoms with Gasteiger partial charge in [0.1, 0.15) is 12.4 Å². The van der Waals surface area contributed by atoms with Crippen molar-refractivity contribution in [2.45, 2.75) is 26.9 Å². The van der Waals surface area contributed by atoms with E-state index in [9.17, 15) is 18.0 Å². The molecule has 0 saturated heterocycles. The van der Waals surface area contributed by atoms with Crippen LogP contribution >= 0.6 is 0 Å². The minimum Gasteiger partial charge on any atom is -0.492 e. The van der Waals surface area contributed by atoms with Crippen LogP contribution in [0.15, 0.2) is 42.7 Å². The van der Waals surface area contributed by atoms with Crippen LogP contribution in [-0.2, 0) is 6.18 Å². The first-order valence-corrected chi connectivity index (χ1v) is 9.61. The molecule has 3 rings (SSSR count). The zero-order valence-corrected chi connectivity index (χ0v) is 17.7. The van der Waals surface area contributed by atoms with Crippen LogP contribution in [0.2, 0.25) is 0 Å². The summed E-state index contributed by atoms with van der Waals surface area (Å²) in [6.07, 6.45) is -2.33. The Morgan fingerprint density at radius 3 is 2.35 bits per heavy atom. The number of halogens is 3. The van der Waals surface area contributed by atoms with Crippen LogP contribution in [0.4, 0.5) is 13.2 Å². The molecular formula is C22H23F3N4O2. The van der Waals surface area contributed by atoms with Crippen LogP contribution in [0.3, 0.4) is 0 Å². The number of aryl methyl sites for hydroxylation is 2. The van der Waals surface area contributed by atoms with Gasteiger partial charge in [-0.05, 0) is 56.2 Å². The number of carbonyl (C=O) groups excluding carboxylic acids is 1. The molecule has 0 aliphatic carbocycles. The summed E-state index contributed by atoms with van der Waals surface area (Å²) >= 11 is 0. The molecule has 0 aliphatic rings. The molecule has 3 aromatic rings. The van der Waals surface area contributed by atoms with Crippen molar-refractivity contribution in [1.29, 1.82) is 0 Å². The smallest absolute Gasteiger partial charge is 0.417 e. The zero-order chi connectivity index (χ0) is 22.8. The number of hydrogen-bond donors (Lipinski definition) is 0. The molecule has 1 aromatic carbocycles. The van der Waals surface area contributed by atoms with Gasteiger partial charge in [0.15, 0.2) is 5.82 Å². The molecule has 0 saturated carbocycles. The van der Waals surface area contributed by atoms with Crippen molar-refractivity contribution in [3.63, 3.8) is 0 Å². The topological polar surface area (TPSA) is 60.2 Å². The summed E-state index contributed by atoms with van der Waals surface area (Å²) < 4.78 is 45.3. The fraction of sp³-hybridized carbons (Fsp3) is 0.318. The molecule has 0 spiro atoms. The highest BCUT2D eigenvalue weighted by Crippen LogP contribution is 2.29. The average Bonchev–Trinajstić information content (AvgIpc) is 3.07. The Kier molecular flexibility index (Phi) is 6.33. The molecular weight excluding hydrogens is 409 g/mol. The Bertz CT molecular complexity index is 1060. The van der Waals surface area contributed by atoms with E-state index in [1.54, 1.807) is 14.0 Å². The molecule has 2 heterocycles. The average molecular weight is 432 g/mol. The maximum Gasteiger partial charge on any atom is 0.417 e. The molecule has 164 valence electrons. The molecule has 1 amide bonds. The standard InChI is InChI=1S/C22H23F3N4O2/c1-14-9-15(2)11-18(10-14)31-8-7-28(4)21(30)19-13-27-29(16(19)3)20-6-5-17(12-26-20)22(23,24)25/h5-6,9-13H,7-8H2,1-4H3. The van der Waals surface area contributed by atoms with E-state index in [4.69, 9.17) is 4.74 Å². The van der Waals surface area contributed by atoms with E-state index < -0.39 is 11.7 Å². The summed E-state index contributed by atoms with van der Waals surface area (Å²) in [5, 5.41) is 4.12. The Balaban J connectivity index is 1.66. The van der Waals surface area contributed by atoms with Crippen LogP contribution < -0.4 is 4.74 Å². The predicted octanol–water partition coefficient (Wildman–Crippen LogP) is 4.36. The van der Waals surface area contributed by atoms with Crippen molar-refractivity contribution in [1.82, 2.24) is 19.7 Å². The van der Waals surface area contributed by atoms with Gasteiger partial charge in [-0.2, -0.15) is 18.3 Å². The fourth-order valence-electron chi connectivity index (χ4n) is 3.15. The largest absolute Gasteiger partial charge is 0.492 e. The van der Waals surface area contributed by atoms with Crippen LogP contribution in [0.5, 0.6) is 5.75 Å². The predicted molar refractivity (Wildman–Crippen MR) is 109 cm³/mol. The van der Waals surface area contributed by atoms with Crippen molar-refractivity contribution >= 4 is 5.91 Å². The van der Waals surface area contributed by atoms with E-state index in [0.717, 1.165) is 29.1 Å². The van der Waals surface area contributed by atoms with Gasteiger partial charge in [0.2, 0.25) is 0 Å². The number of alkyl halides is 3. The highest BCUT2D eigenvalue weighted by Gasteiger charge is 2.31. The third-order valence-electron chi connectivity index (χ3n) is 4.77. The number of aromatic nitrogens is 3. The number of ether oxygens (including phenoxy) is 1. The molecule has 2 aromatic heterocycles. The van der Waals surface area contributed by atoms with Crippen LogP contribution in [-0.4, -0.2) is 45.8 Å². The van der Waals surface area contributed by atoms with Crippen LogP contribution in [0.25, 0.3) is 5.82 Å². The van der Waals surface area contributed by atoms with E-state index in [0.29, 0.717) is 24.4 Å². The summed E-state index contributed by atoms with van der Waals surface area (Å²) in [5.74, 6) is 0.681. The first kappa shape index (κ1) is 22.3. The van der Waals surface area contributed by atoms with Crippen LogP contribution in [0, 0.1) is 20.8 Å². The van der Waals surface area contributed by atoms with E-state index in [1.165, 1.54) is 21.8 Å². The van der Waals surface area contributed by atoms with E-state index in [-0.39, 0.29) is 11.7 Å². The zero-order valence-electron chi connectivity index (χ0n) is 17.7. The quantitative estimate of drug-likeness (QED) is 0.581. The van der Waals surface area contributed by atoms with Gasteiger partial charge in [-0.15, -0.1) is 0 Å². The third-order valence-corrected chi connectivity index (χ3v) is 4.77. The number of hydrogen-bond acceptors (Lipinski definition) is 4. The number of likely N-dealkylation sites (N-methyl/N-ethyl adjacent to an activating group) is 1. The van der Waals surface area contributed by atoms with Crippen molar-refractivity contribution in [2.24, 2.45) is 0 Å². The third kappa shape index (κ3) is 5.22. The lowest BCUT2D eigenvalue weighted by atomic mass is 10.1. The van der Waals surface area contributed by atoms with Crippen molar-refractivity contribution in [2.75, 3.05) is 20.2 Å². The highest BCUT2D eigenvalue weighted by molar-refractivity contribution is 5.95. The molecule has 0 bridgehead atoms. The lowest BCUT2D eigenvalue weighted by Crippen LogP contribution is -2.31. The molecule has 6 nitrogen and oxygen atoms in total. The Labute approximate surface area is 178 Å². The Hall–Kier alpha value is -3.36. The summed E-state index contributed by atoms with van der Waals surface area (Å²) in [4.78, 5) is 18.1. The Morgan fingerprint density at radius 1 is 1.10 bits per heavy atom. The second-order valence-electron chi connectivity index (χ2n) is 7.36. The van der Waals surface area contributed by atoms with E-state index >= 15 is 0 Å². The normalized spacial score (nSPS) is 11.5. The van der Waals surface area contributed by atoms with E-state index in [2.05, 4.69) is 16.1 Å². The van der Waals surface area contributed by atoms with Gasteiger partial charge in [0.25, 0.3) is 5.91 Å². The number of rotatable bonds is 6. The van der Waals surface area contributed by atoms with Gasteiger partial charge in [-0.25, -0.2) is 9.67 Å². The van der Waals surface area contributed by atoms with Crippen molar-refractivity contribution in [3.8, 4) is 11.6 Å². The summed E-state index contributed by atoms with van der Waals surface area (Å²) in [6.45, 7) is 6.32. The number of pyridine rings is 1. The van der Waals surface area contributed by atoms with Crippen molar-refractivity contribution in [3.05, 3.63) is 70.7 Å². The SMILES string of the molecule is Cc1cc(C)cc(OCCN(C)C(=O)c2cnn(-c3ccc(C(F)(F)F)cn3)c2C)c1. The highest BCUT2D eigenvalue weighted by atomic mass is 19.4. The lowest BCUT2D eigenvalue weighted by molar-refractivity contribution is -0.137. The summed E-state index contributed by atoms with van der Waals surface area (Å²) in [7, 11) is 1.65. The van der Waals surface area contributed by atoms with E-state index in [1.807, 2.05) is 26.0 Å². The Morgan fingerprint density at radius 2 is 1.77 bits per heavy atom. The first-order chi connectivity index (χ1) is 14.6. The molecule has 31 heavy (non-hydrogen) atoms. The second kappa shape index (κ2) is 8.79. The summed E-state index contributed by atoms with van der Waals surface area (Å²) in [5.41, 5.74) is 2.18. The van der Waals surface area contributed by atoms with Crippen molar-refractivity contribution < 1.29 is 22.7 Å². The van der Waals surface area contributed by atoms with Gasteiger partial charge < -0.3 is 9.64 Å². The summed E-state index contributed by atoms with van der Waals surface area (Å²) in [6, 6.07) is 8.06. The molecule has 0 radical (unpaired) electrons. The van der Waals surface area contributed by atoms with Gasteiger partial charge in [0.05, 0.1) is 29.6 Å². The minimum atomic E-state index is -4.46. The monoisotopic (exact) mass is 432 g/mol. The van der Waals surface area contributed by atoms with Gasteiger partial charge in [0, 0.05) is 13.2 Å². The molecule has 0 unspecified atom stereocenters. The van der Waals surface area contributed by atoms with Gasteiger partial charge in [-0.1, -0.05) is 6.07 Å². The van der Waals surface area contributed by atoms with Gasteiger partial charge >= 0.3 is 6.18 Å². The number of carbonyl (C=O) groups is 1. The van der Waals surface area contributed by atoms with Gasteiger partial charge in [-0.3, -0.25) is 4.79 Å². The molecule has 0 N–H and O–H groups in total. The molecule has 0 aliphatic heterocycles. The minimum absolute atomic E-state index is 0.199. The fourth-order valence-corrected chi connectivity index (χ4v) is 3.15. The van der Waals surface area contributed by atoms with Crippen LogP contribution in [0.1, 0.15) is 32.7 Å². The number of benzene rings is 1. The molecule has 0 fully saturated rings. The molecule has 9 heteroatoms. The number of amides is 1. The molecule has 0 atom stereocenters. The maximum atomic E-state index is 12.8. The maximum absolute atomic E-state index is 12.8. The first-order valence-electron chi connectivity index (χ1n) is 9.61. The number of nitrogens with zero attached hydrogens (tertiary/aromatic N) is 4. The lowest BCUT2D eigenvalue weighted by Gasteiger charge is -2.17. The second-order valence-corrected chi connectivity index (χ2v) is 7.36.